The quantitative estimate of drug-likeness (QED) is 0.766. The molecule has 0 aliphatic carbocycles. The molecular formula is C17H14BrNO6. The van der Waals surface area contributed by atoms with Crippen LogP contribution in [0.3, 0.4) is 0 Å². The summed E-state index contributed by atoms with van der Waals surface area (Å²) in [4.78, 5) is 36.9. The van der Waals surface area contributed by atoms with Crippen LogP contribution in [0.5, 0.6) is 0 Å². The molecule has 1 N–H and O–H groups in total. The molecule has 0 atom stereocenters. The first-order valence-electron chi connectivity index (χ1n) is 6.98. The molecule has 1 aromatic rings. The van der Waals surface area contributed by atoms with Crippen molar-refractivity contribution >= 4 is 39.5 Å². The molecule has 0 saturated carbocycles. The Morgan fingerprint density at radius 1 is 1.08 bits per heavy atom. The predicted molar refractivity (Wildman–Crippen MR) is 92.9 cm³/mol. The number of halogens is 1. The predicted octanol–water partition coefficient (Wildman–Crippen LogP) is 2.64. The fourth-order valence-electron chi connectivity index (χ4n) is 2.19. The maximum Gasteiger partial charge on any atom is 0.355 e. The zero-order valence-corrected chi connectivity index (χ0v) is 14.9. The second-order valence-electron chi connectivity index (χ2n) is 4.79. The van der Waals surface area contributed by atoms with E-state index in [-0.39, 0.29) is 16.8 Å². The van der Waals surface area contributed by atoms with Crippen LogP contribution < -0.4 is 4.90 Å². The minimum Gasteiger partial charge on any atom is -0.478 e. The van der Waals surface area contributed by atoms with E-state index in [2.05, 4.69) is 15.9 Å². The van der Waals surface area contributed by atoms with E-state index in [1.807, 2.05) is 0 Å². The monoisotopic (exact) mass is 407 g/mol. The van der Waals surface area contributed by atoms with E-state index >= 15 is 0 Å². The third-order valence-corrected chi connectivity index (χ3v) is 4.01. The van der Waals surface area contributed by atoms with Crippen LogP contribution in [-0.2, 0) is 19.1 Å². The lowest BCUT2D eigenvalue weighted by Gasteiger charge is -2.23. The molecule has 0 spiro atoms. The number of allylic oxidation sites excluding steroid dienone is 2. The Hall–Kier alpha value is -2.87. The average Bonchev–Trinajstić information content (AvgIpc) is 2.82. The van der Waals surface area contributed by atoms with Gasteiger partial charge in [0.25, 0.3) is 0 Å². The van der Waals surface area contributed by atoms with Gasteiger partial charge < -0.3 is 19.5 Å². The van der Waals surface area contributed by atoms with Crippen LogP contribution in [0, 0.1) is 0 Å². The topological polar surface area (TPSA) is 93.1 Å². The fraction of sp³-hybridized carbons (Fsp3) is 0.118. The Balaban J connectivity index is 2.64. The van der Waals surface area contributed by atoms with Crippen LogP contribution in [0.25, 0.3) is 0 Å². The number of carboxylic acids is 1. The maximum atomic E-state index is 12.3. The molecule has 0 aromatic heterocycles. The molecule has 8 heteroatoms. The van der Waals surface area contributed by atoms with Gasteiger partial charge in [-0.25, -0.2) is 14.4 Å². The number of hydrogen-bond donors (Lipinski definition) is 1. The van der Waals surface area contributed by atoms with Crippen LogP contribution in [0.15, 0.2) is 58.4 Å². The SMILES string of the molecule is COC(=O)C1=C(C(=O)OC)N(c2ccc(C(=O)O)c(Br)c2)C=CC=C1. The number of benzene rings is 1. The fourth-order valence-corrected chi connectivity index (χ4v) is 2.73. The summed E-state index contributed by atoms with van der Waals surface area (Å²) in [6.45, 7) is 0. The number of esters is 2. The lowest BCUT2D eigenvalue weighted by molar-refractivity contribution is -0.139. The van der Waals surface area contributed by atoms with E-state index in [1.54, 1.807) is 18.4 Å². The zero-order chi connectivity index (χ0) is 18.6. The molecule has 0 saturated heterocycles. The second-order valence-corrected chi connectivity index (χ2v) is 5.64. The molecule has 0 radical (unpaired) electrons. The van der Waals surface area contributed by atoms with Crippen LogP contribution in [-0.4, -0.2) is 37.2 Å². The summed E-state index contributed by atoms with van der Waals surface area (Å²) in [7, 11) is 2.41. The first-order chi connectivity index (χ1) is 11.9. The highest BCUT2D eigenvalue weighted by Crippen LogP contribution is 2.30. The summed E-state index contributed by atoms with van der Waals surface area (Å²) in [5.41, 5.74) is 0.489. The van der Waals surface area contributed by atoms with Crippen molar-refractivity contribution < 1.29 is 29.0 Å². The van der Waals surface area contributed by atoms with Crippen LogP contribution in [0.2, 0.25) is 0 Å². The van der Waals surface area contributed by atoms with Gasteiger partial charge in [0.05, 0.1) is 25.4 Å². The standard InChI is InChI=1S/C17H14BrNO6/c1-24-16(22)12-5-3-4-8-19(14(12)17(23)25-2)10-6-7-11(15(20)21)13(18)9-10/h3-9H,1-2H3,(H,20,21). The second kappa shape index (κ2) is 7.80. The van der Waals surface area contributed by atoms with Crippen molar-refractivity contribution in [1.29, 1.82) is 0 Å². The van der Waals surface area contributed by atoms with Gasteiger partial charge in [0.15, 0.2) is 0 Å². The van der Waals surface area contributed by atoms with Gasteiger partial charge in [0.1, 0.15) is 5.70 Å². The number of hydrogen-bond acceptors (Lipinski definition) is 6. The number of aromatic carboxylic acids is 1. The normalized spacial score (nSPS) is 13.5. The Labute approximate surface area is 152 Å². The highest BCUT2D eigenvalue weighted by atomic mass is 79.9. The van der Waals surface area contributed by atoms with Gasteiger partial charge in [-0.2, -0.15) is 0 Å². The summed E-state index contributed by atoms with van der Waals surface area (Å²) in [5, 5.41) is 9.12. The van der Waals surface area contributed by atoms with Crippen molar-refractivity contribution in [2.75, 3.05) is 19.1 Å². The number of ether oxygens (including phenoxy) is 2. The van der Waals surface area contributed by atoms with Crippen LogP contribution in [0.4, 0.5) is 5.69 Å². The third-order valence-electron chi connectivity index (χ3n) is 3.35. The highest BCUT2D eigenvalue weighted by molar-refractivity contribution is 9.10. The maximum absolute atomic E-state index is 12.3. The van der Waals surface area contributed by atoms with E-state index < -0.39 is 17.9 Å². The summed E-state index contributed by atoms with van der Waals surface area (Å²) in [6.07, 6.45) is 6.20. The van der Waals surface area contributed by atoms with E-state index in [0.717, 1.165) is 0 Å². The molecule has 0 amide bonds. The van der Waals surface area contributed by atoms with Gasteiger partial charge in [-0.15, -0.1) is 0 Å². The molecular weight excluding hydrogens is 394 g/mol. The molecule has 1 aliphatic rings. The molecule has 2 rings (SSSR count). The Bertz CT molecular complexity index is 824. The van der Waals surface area contributed by atoms with Crippen LogP contribution in [0.1, 0.15) is 10.4 Å². The molecule has 25 heavy (non-hydrogen) atoms. The summed E-state index contributed by atoms with van der Waals surface area (Å²) in [5.74, 6) is -2.54. The van der Waals surface area contributed by atoms with E-state index in [0.29, 0.717) is 10.2 Å². The zero-order valence-electron chi connectivity index (χ0n) is 13.4. The number of anilines is 1. The molecule has 1 aliphatic heterocycles. The van der Waals surface area contributed by atoms with E-state index in [9.17, 15) is 14.4 Å². The largest absolute Gasteiger partial charge is 0.478 e. The van der Waals surface area contributed by atoms with Crippen molar-refractivity contribution in [3.05, 3.63) is 63.9 Å². The first-order valence-corrected chi connectivity index (χ1v) is 7.77. The average molecular weight is 408 g/mol. The molecule has 0 unspecified atom stereocenters. The summed E-state index contributed by atoms with van der Waals surface area (Å²) in [6, 6.07) is 4.43. The Kier molecular flexibility index (Phi) is 5.76. The third kappa shape index (κ3) is 3.80. The molecule has 1 aromatic carbocycles. The first kappa shape index (κ1) is 18.5. The summed E-state index contributed by atoms with van der Waals surface area (Å²) >= 11 is 3.19. The lowest BCUT2D eigenvalue weighted by Crippen LogP contribution is -2.27. The number of rotatable bonds is 4. The van der Waals surface area contributed by atoms with Gasteiger partial charge in [-0.1, -0.05) is 6.08 Å². The molecule has 0 fully saturated rings. The van der Waals surface area contributed by atoms with Gasteiger partial charge in [0, 0.05) is 16.4 Å². The van der Waals surface area contributed by atoms with Gasteiger partial charge in [-0.05, 0) is 46.3 Å². The molecule has 130 valence electrons. The lowest BCUT2D eigenvalue weighted by atomic mass is 10.1. The number of carbonyl (C=O) groups excluding carboxylic acids is 2. The van der Waals surface area contributed by atoms with E-state index in [4.69, 9.17) is 14.6 Å². The Morgan fingerprint density at radius 2 is 1.76 bits per heavy atom. The smallest absolute Gasteiger partial charge is 0.355 e. The van der Waals surface area contributed by atoms with Crippen LogP contribution >= 0.6 is 15.9 Å². The number of carboxylic acid groups (broad SMARTS) is 1. The van der Waals surface area contributed by atoms with Crippen molar-refractivity contribution in [1.82, 2.24) is 0 Å². The van der Waals surface area contributed by atoms with Crippen molar-refractivity contribution in [2.24, 2.45) is 0 Å². The van der Waals surface area contributed by atoms with Crippen molar-refractivity contribution in [3.8, 4) is 0 Å². The number of methoxy groups -OCH3 is 2. The molecule has 7 nitrogen and oxygen atoms in total. The van der Waals surface area contributed by atoms with Crippen molar-refractivity contribution in [2.45, 2.75) is 0 Å². The number of carbonyl (C=O) groups is 3. The minimum atomic E-state index is -1.09. The van der Waals surface area contributed by atoms with Gasteiger partial charge in [-0.3, -0.25) is 0 Å². The minimum absolute atomic E-state index is 0.0118. The van der Waals surface area contributed by atoms with Gasteiger partial charge >= 0.3 is 17.9 Å². The molecule has 0 bridgehead atoms. The van der Waals surface area contributed by atoms with E-state index in [1.165, 1.54) is 43.4 Å². The highest BCUT2D eigenvalue weighted by Gasteiger charge is 2.27. The molecule has 1 heterocycles. The van der Waals surface area contributed by atoms with Gasteiger partial charge in [0.2, 0.25) is 0 Å². The number of nitrogens with zero attached hydrogens (tertiary/aromatic N) is 1. The Morgan fingerprint density at radius 3 is 2.32 bits per heavy atom. The summed E-state index contributed by atoms with van der Waals surface area (Å²) < 4.78 is 9.85. The van der Waals surface area contributed by atoms with Crippen molar-refractivity contribution in [3.63, 3.8) is 0 Å².